The molecular formula is C13H21N3O. The molecule has 0 bridgehead atoms. The lowest BCUT2D eigenvalue weighted by atomic mass is 10.1. The van der Waals surface area contributed by atoms with Gasteiger partial charge in [0.25, 0.3) is 0 Å². The summed E-state index contributed by atoms with van der Waals surface area (Å²) in [5.74, 6) is 0. The second-order valence-electron chi connectivity index (χ2n) is 4.66. The molecule has 2 heterocycles. The second kappa shape index (κ2) is 5.58. The van der Waals surface area contributed by atoms with E-state index in [1.165, 1.54) is 0 Å². The topological polar surface area (TPSA) is 51.4 Å². The normalized spacial score (nSPS) is 24.5. The van der Waals surface area contributed by atoms with E-state index in [1.54, 1.807) is 0 Å². The molecule has 1 aliphatic heterocycles. The monoisotopic (exact) mass is 235 g/mol. The molecular weight excluding hydrogens is 214 g/mol. The van der Waals surface area contributed by atoms with E-state index in [4.69, 9.17) is 10.5 Å². The van der Waals surface area contributed by atoms with Gasteiger partial charge in [0.15, 0.2) is 0 Å². The number of hydrogen-bond donors (Lipinski definition) is 1. The Bertz CT molecular complexity index is 369. The largest absolute Gasteiger partial charge is 0.377 e. The number of rotatable bonds is 4. The molecule has 0 radical (unpaired) electrons. The van der Waals surface area contributed by atoms with Crippen molar-refractivity contribution in [1.29, 1.82) is 0 Å². The third kappa shape index (κ3) is 2.83. The van der Waals surface area contributed by atoms with Gasteiger partial charge in [-0.25, -0.2) is 0 Å². The maximum absolute atomic E-state index is 5.72. The summed E-state index contributed by atoms with van der Waals surface area (Å²) in [5.41, 5.74) is 7.93. The van der Waals surface area contributed by atoms with Gasteiger partial charge in [0.1, 0.15) is 0 Å². The van der Waals surface area contributed by atoms with Crippen LogP contribution in [0.1, 0.15) is 24.6 Å². The van der Waals surface area contributed by atoms with E-state index in [0.29, 0.717) is 18.7 Å². The predicted octanol–water partition coefficient (Wildman–Crippen LogP) is 1.15. The predicted molar refractivity (Wildman–Crippen MR) is 67.4 cm³/mol. The van der Waals surface area contributed by atoms with Gasteiger partial charge in [0.2, 0.25) is 0 Å². The summed E-state index contributed by atoms with van der Waals surface area (Å²) in [6.07, 6.45) is 3.24. The fraction of sp³-hybridized carbons (Fsp3) is 0.615. The van der Waals surface area contributed by atoms with Crippen LogP contribution in [0.3, 0.4) is 0 Å². The highest BCUT2D eigenvalue weighted by Gasteiger charge is 2.28. The van der Waals surface area contributed by atoms with Crippen molar-refractivity contribution in [2.24, 2.45) is 5.73 Å². The summed E-state index contributed by atoms with van der Waals surface area (Å²) in [7, 11) is 2.13. The molecule has 1 fully saturated rings. The smallest absolute Gasteiger partial charge is 0.0703 e. The first-order valence-electron chi connectivity index (χ1n) is 6.17. The standard InChI is InChI=1S/C13H21N3O/c1-10-13(5-7-17-10)16(2)9-12-11(8-14)4-3-6-15-12/h3-4,6,10,13H,5,7-9,14H2,1-2H3. The number of aromatic nitrogens is 1. The minimum absolute atomic E-state index is 0.310. The van der Waals surface area contributed by atoms with Crippen LogP contribution in [-0.4, -0.2) is 35.7 Å². The van der Waals surface area contributed by atoms with Crippen molar-refractivity contribution in [3.63, 3.8) is 0 Å². The Morgan fingerprint density at radius 2 is 2.41 bits per heavy atom. The van der Waals surface area contributed by atoms with Crippen LogP contribution in [0, 0.1) is 0 Å². The highest BCUT2D eigenvalue weighted by Crippen LogP contribution is 2.20. The van der Waals surface area contributed by atoms with Crippen molar-refractivity contribution in [1.82, 2.24) is 9.88 Å². The first-order chi connectivity index (χ1) is 8.22. The minimum atomic E-state index is 0.310. The lowest BCUT2D eigenvalue weighted by Gasteiger charge is -2.26. The quantitative estimate of drug-likeness (QED) is 0.850. The van der Waals surface area contributed by atoms with E-state index in [1.807, 2.05) is 18.3 Å². The first kappa shape index (κ1) is 12.5. The Labute approximate surface area is 103 Å². The van der Waals surface area contributed by atoms with E-state index in [9.17, 15) is 0 Å². The molecule has 0 aliphatic carbocycles. The Hall–Kier alpha value is -0.970. The average molecular weight is 235 g/mol. The van der Waals surface area contributed by atoms with Crippen molar-refractivity contribution in [3.05, 3.63) is 29.6 Å². The summed E-state index contributed by atoms with van der Waals surface area (Å²) in [5, 5.41) is 0. The molecule has 0 amide bonds. The minimum Gasteiger partial charge on any atom is -0.377 e. The highest BCUT2D eigenvalue weighted by molar-refractivity contribution is 5.19. The Kier molecular flexibility index (Phi) is 4.10. The number of likely N-dealkylation sites (N-methyl/N-ethyl adjacent to an activating group) is 1. The summed E-state index contributed by atoms with van der Waals surface area (Å²) in [4.78, 5) is 6.74. The highest BCUT2D eigenvalue weighted by atomic mass is 16.5. The molecule has 4 nitrogen and oxygen atoms in total. The van der Waals surface area contributed by atoms with E-state index in [2.05, 4.69) is 23.9 Å². The number of nitrogens with two attached hydrogens (primary N) is 1. The van der Waals surface area contributed by atoms with Crippen molar-refractivity contribution in [2.75, 3.05) is 13.7 Å². The van der Waals surface area contributed by atoms with Crippen LogP contribution in [0.2, 0.25) is 0 Å². The van der Waals surface area contributed by atoms with Crippen molar-refractivity contribution < 1.29 is 4.74 Å². The molecule has 2 unspecified atom stereocenters. The fourth-order valence-electron chi connectivity index (χ4n) is 2.45. The molecule has 4 heteroatoms. The summed E-state index contributed by atoms with van der Waals surface area (Å²) < 4.78 is 5.59. The van der Waals surface area contributed by atoms with E-state index in [-0.39, 0.29) is 0 Å². The van der Waals surface area contributed by atoms with Crippen LogP contribution >= 0.6 is 0 Å². The Morgan fingerprint density at radius 3 is 3.06 bits per heavy atom. The molecule has 1 aliphatic rings. The van der Waals surface area contributed by atoms with Crippen LogP contribution in [0.15, 0.2) is 18.3 Å². The molecule has 0 spiro atoms. The van der Waals surface area contributed by atoms with Gasteiger partial charge in [-0.3, -0.25) is 9.88 Å². The van der Waals surface area contributed by atoms with Gasteiger partial charge in [0.05, 0.1) is 11.8 Å². The van der Waals surface area contributed by atoms with E-state index < -0.39 is 0 Å². The van der Waals surface area contributed by atoms with Crippen LogP contribution in [0.5, 0.6) is 0 Å². The zero-order valence-corrected chi connectivity index (χ0v) is 10.6. The summed E-state index contributed by atoms with van der Waals surface area (Å²) in [6, 6.07) is 4.47. The zero-order chi connectivity index (χ0) is 12.3. The van der Waals surface area contributed by atoms with Crippen molar-refractivity contribution in [3.8, 4) is 0 Å². The van der Waals surface area contributed by atoms with Crippen molar-refractivity contribution in [2.45, 2.75) is 38.6 Å². The van der Waals surface area contributed by atoms with Crippen LogP contribution in [0.4, 0.5) is 0 Å². The van der Waals surface area contributed by atoms with Gasteiger partial charge in [-0.1, -0.05) is 6.07 Å². The Morgan fingerprint density at radius 1 is 1.59 bits per heavy atom. The fourth-order valence-corrected chi connectivity index (χ4v) is 2.45. The molecule has 94 valence electrons. The molecule has 0 aromatic carbocycles. The summed E-state index contributed by atoms with van der Waals surface area (Å²) >= 11 is 0. The average Bonchev–Trinajstić information content (AvgIpc) is 2.76. The maximum Gasteiger partial charge on any atom is 0.0703 e. The summed E-state index contributed by atoms with van der Waals surface area (Å²) in [6.45, 7) is 4.39. The third-order valence-corrected chi connectivity index (χ3v) is 3.51. The first-order valence-corrected chi connectivity index (χ1v) is 6.17. The van der Waals surface area contributed by atoms with Crippen molar-refractivity contribution >= 4 is 0 Å². The molecule has 2 N–H and O–H groups in total. The molecule has 2 atom stereocenters. The molecule has 17 heavy (non-hydrogen) atoms. The lowest BCUT2D eigenvalue weighted by Crippen LogP contribution is -2.36. The third-order valence-electron chi connectivity index (χ3n) is 3.51. The number of hydrogen-bond acceptors (Lipinski definition) is 4. The number of nitrogens with zero attached hydrogens (tertiary/aromatic N) is 2. The molecule has 2 rings (SSSR count). The van der Waals surface area contributed by atoms with E-state index >= 15 is 0 Å². The molecule has 1 saturated heterocycles. The molecule has 1 aromatic rings. The van der Waals surface area contributed by atoms with Gasteiger partial charge in [-0.05, 0) is 32.0 Å². The zero-order valence-electron chi connectivity index (χ0n) is 10.6. The van der Waals surface area contributed by atoms with Gasteiger partial charge >= 0.3 is 0 Å². The van der Waals surface area contributed by atoms with Gasteiger partial charge < -0.3 is 10.5 Å². The van der Waals surface area contributed by atoms with Crippen LogP contribution < -0.4 is 5.73 Å². The van der Waals surface area contributed by atoms with Gasteiger partial charge in [-0.2, -0.15) is 0 Å². The SMILES string of the molecule is CC1OCCC1N(C)Cc1ncccc1CN. The Balaban J connectivity index is 2.04. The van der Waals surface area contributed by atoms with Crippen LogP contribution in [-0.2, 0) is 17.8 Å². The van der Waals surface area contributed by atoms with E-state index in [0.717, 1.165) is 30.8 Å². The molecule has 1 aromatic heterocycles. The second-order valence-corrected chi connectivity index (χ2v) is 4.66. The lowest BCUT2D eigenvalue weighted by molar-refractivity contribution is 0.0809. The van der Waals surface area contributed by atoms with Gasteiger partial charge in [-0.15, -0.1) is 0 Å². The van der Waals surface area contributed by atoms with Gasteiger partial charge in [0, 0.05) is 31.9 Å². The number of pyridine rings is 1. The maximum atomic E-state index is 5.72. The number of ether oxygens (including phenoxy) is 1. The molecule has 0 saturated carbocycles. The van der Waals surface area contributed by atoms with Crippen LogP contribution in [0.25, 0.3) is 0 Å².